The van der Waals surface area contributed by atoms with Crippen molar-refractivity contribution in [3.05, 3.63) is 100 Å². The SMILES string of the molecule is O=C1c2ccccc2CC[C@@H]1[C@]1(O)C(=O)N(Cc2cccc(Cl)c2)c2ccccc21. The van der Waals surface area contributed by atoms with Crippen molar-refractivity contribution >= 4 is 29.0 Å². The Morgan fingerprint density at radius 1 is 1.00 bits per heavy atom. The molecule has 30 heavy (non-hydrogen) atoms. The molecule has 0 spiro atoms. The Morgan fingerprint density at radius 2 is 1.77 bits per heavy atom. The van der Waals surface area contributed by atoms with E-state index in [9.17, 15) is 14.7 Å². The normalized spacial score (nSPS) is 22.7. The largest absolute Gasteiger partial charge is 0.375 e. The van der Waals surface area contributed by atoms with Gasteiger partial charge in [-0.15, -0.1) is 0 Å². The molecule has 0 saturated carbocycles. The second kappa shape index (κ2) is 7.08. The first-order valence-electron chi connectivity index (χ1n) is 10.0. The summed E-state index contributed by atoms with van der Waals surface area (Å²) in [5.41, 5.74) is 1.68. The minimum Gasteiger partial charge on any atom is -0.375 e. The van der Waals surface area contributed by atoms with Gasteiger partial charge in [0.1, 0.15) is 0 Å². The second-order valence-electron chi connectivity index (χ2n) is 7.92. The van der Waals surface area contributed by atoms with Crippen molar-refractivity contribution in [1.82, 2.24) is 0 Å². The molecule has 1 aliphatic carbocycles. The minimum atomic E-state index is -1.88. The van der Waals surface area contributed by atoms with Gasteiger partial charge in [-0.25, -0.2) is 0 Å². The third kappa shape index (κ3) is 2.79. The first-order chi connectivity index (χ1) is 14.5. The number of anilines is 1. The Hall–Kier alpha value is -2.95. The molecular weight excluding hydrogens is 398 g/mol. The predicted octanol–water partition coefficient (Wildman–Crippen LogP) is 4.52. The lowest BCUT2D eigenvalue weighted by atomic mass is 9.71. The first-order valence-corrected chi connectivity index (χ1v) is 10.4. The van der Waals surface area contributed by atoms with Gasteiger partial charge in [-0.2, -0.15) is 0 Å². The van der Waals surface area contributed by atoms with Crippen LogP contribution >= 0.6 is 11.6 Å². The summed E-state index contributed by atoms with van der Waals surface area (Å²) < 4.78 is 0. The number of amides is 1. The highest BCUT2D eigenvalue weighted by atomic mass is 35.5. The molecule has 3 aromatic carbocycles. The lowest BCUT2D eigenvalue weighted by molar-refractivity contribution is -0.140. The highest BCUT2D eigenvalue weighted by Gasteiger charge is 2.57. The third-order valence-corrected chi connectivity index (χ3v) is 6.45. The van der Waals surface area contributed by atoms with Gasteiger partial charge in [-0.3, -0.25) is 9.59 Å². The maximum atomic E-state index is 13.6. The van der Waals surface area contributed by atoms with Crippen LogP contribution in [-0.2, 0) is 23.4 Å². The maximum absolute atomic E-state index is 13.6. The second-order valence-corrected chi connectivity index (χ2v) is 8.35. The minimum absolute atomic E-state index is 0.174. The number of rotatable bonds is 3. The molecule has 150 valence electrons. The molecule has 1 N–H and O–H groups in total. The first kappa shape index (κ1) is 19.0. The average Bonchev–Trinajstić information content (AvgIpc) is 2.97. The summed E-state index contributed by atoms with van der Waals surface area (Å²) in [4.78, 5) is 28.5. The van der Waals surface area contributed by atoms with E-state index in [-0.39, 0.29) is 12.3 Å². The molecule has 1 heterocycles. The van der Waals surface area contributed by atoms with Gasteiger partial charge in [0.25, 0.3) is 5.91 Å². The highest BCUT2D eigenvalue weighted by Crippen LogP contribution is 2.48. The molecule has 0 aromatic heterocycles. The molecule has 3 aromatic rings. The van der Waals surface area contributed by atoms with Crippen LogP contribution in [-0.4, -0.2) is 16.8 Å². The summed E-state index contributed by atoms with van der Waals surface area (Å²) in [6, 6.07) is 21.9. The van der Waals surface area contributed by atoms with Crippen molar-refractivity contribution in [2.45, 2.75) is 25.0 Å². The summed E-state index contributed by atoms with van der Waals surface area (Å²) in [5, 5.41) is 12.4. The molecule has 1 aliphatic heterocycles. The number of halogens is 1. The van der Waals surface area contributed by atoms with E-state index >= 15 is 0 Å². The summed E-state index contributed by atoms with van der Waals surface area (Å²) in [6.45, 7) is 0.274. The Bertz CT molecular complexity index is 1170. The van der Waals surface area contributed by atoms with Crippen LogP contribution in [0.1, 0.15) is 33.5 Å². The molecule has 0 bridgehead atoms. The fourth-order valence-electron chi connectivity index (χ4n) is 4.77. The number of ketones is 1. The molecule has 5 rings (SSSR count). The number of fused-ring (bicyclic) bond motifs is 2. The van der Waals surface area contributed by atoms with E-state index in [1.807, 2.05) is 42.5 Å². The van der Waals surface area contributed by atoms with Crippen molar-refractivity contribution in [3.63, 3.8) is 0 Å². The van der Waals surface area contributed by atoms with Gasteiger partial charge in [-0.05, 0) is 42.2 Å². The van der Waals surface area contributed by atoms with Gasteiger partial charge in [0.2, 0.25) is 0 Å². The van der Waals surface area contributed by atoms with Gasteiger partial charge in [0.05, 0.1) is 18.2 Å². The number of aliphatic hydroxyl groups is 1. The smallest absolute Gasteiger partial charge is 0.264 e. The van der Waals surface area contributed by atoms with Crippen molar-refractivity contribution in [3.8, 4) is 0 Å². The van der Waals surface area contributed by atoms with Crippen molar-refractivity contribution in [2.24, 2.45) is 5.92 Å². The Kier molecular flexibility index (Phi) is 4.49. The van der Waals surface area contributed by atoms with Crippen LogP contribution in [0.5, 0.6) is 0 Å². The molecule has 1 amide bonds. The molecule has 4 nitrogen and oxygen atoms in total. The number of benzene rings is 3. The van der Waals surface area contributed by atoms with E-state index in [1.54, 1.807) is 35.2 Å². The standard InChI is InChI=1S/C25H20ClNO3/c26-18-8-5-6-16(14-18)15-27-22-11-4-3-10-20(22)25(30,24(27)29)21-13-12-17-7-1-2-9-19(17)23(21)28/h1-11,14,21,30H,12-13,15H2/t21-,25-/m0/s1. The van der Waals surface area contributed by atoms with Crippen molar-refractivity contribution in [2.75, 3.05) is 4.90 Å². The summed E-state index contributed by atoms with van der Waals surface area (Å²) in [5.74, 6) is -1.45. The molecule has 2 atom stereocenters. The van der Waals surface area contributed by atoms with Gasteiger partial charge in [0.15, 0.2) is 11.4 Å². The van der Waals surface area contributed by atoms with E-state index < -0.39 is 17.4 Å². The van der Waals surface area contributed by atoms with Gasteiger partial charge in [-0.1, -0.05) is 66.2 Å². The zero-order valence-corrected chi connectivity index (χ0v) is 17.0. The molecule has 5 heteroatoms. The van der Waals surface area contributed by atoms with Crippen LogP contribution in [0, 0.1) is 5.92 Å². The van der Waals surface area contributed by atoms with Gasteiger partial charge in [0, 0.05) is 16.1 Å². The number of carbonyl (C=O) groups excluding carboxylic acids is 2. The summed E-state index contributed by atoms with van der Waals surface area (Å²) in [6.07, 6.45) is 1.08. The van der Waals surface area contributed by atoms with Gasteiger partial charge >= 0.3 is 0 Å². The zero-order chi connectivity index (χ0) is 20.9. The number of aryl methyl sites for hydroxylation is 1. The zero-order valence-electron chi connectivity index (χ0n) is 16.2. The molecule has 0 fully saturated rings. The number of hydrogen-bond donors (Lipinski definition) is 1. The molecule has 0 radical (unpaired) electrons. The van der Waals surface area contributed by atoms with Crippen LogP contribution < -0.4 is 4.90 Å². The van der Waals surface area contributed by atoms with E-state index in [1.165, 1.54) is 0 Å². The van der Waals surface area contributed by atoms with Crippen LogP contribution in [0.15, 0.2) is 72.8 Å². The lowest BCUT2D eigenvalue weighted by Crippen LogP contribution is -2.49. The summed E-state index contributed by atoms with van der Waals surface area (Å²) in [7, 11) is 0. The van der Waals surface area contributed by atoms with E-state index in [4.69, 9.17) is 11.6 Å². The number of hydrogen-bond acceptors (Lipinski definition) is 3. The molecule has 0 unspecified atom stereocenters. The molecular formula is C25H20ClNO3. The number of carbonyl (C=O) groups is 2. The highest BCUT2D eigenvalue weighted by molar-refractivity contribution is 6.30. The summed E-state index contributed by atoms with van der Waals surface area (Å²) >= 11 is 6.11. The quantitative estimate of drug-likeness (QED) is 0.681. The van der Waals surface area contributed by atoms with Crippen LogP contribution in [0.4, 0.5) is 5.69 Å². The van der Waals surface area contributed by atoms with Gasteiger partial charge < -0.3 is 10.0 Å². The number of Topliss-reactive ketones (excluding diaryl/α,β-unsaturated/α-hetero) is 1. The Labute approximate surface area is 179 Å². The average molecular weight is 418 g/mol. The van der Waals surface area contributed by atoms with E-state index in [0.29, 0.717) is 34.7 Å². The van der Waals surface area contributed by atoms with Crippen LogP contribution in [0.25, 0.3) is 0 Å². The van der Waals surface area contributed by atoms with Crippen molar-refractivity contribution < 1.29 is 14.7 Å². The van der Waals surface area contributed by atoms with Crippen LogP contribution in [0.2, 0.25) is 5.02 Å². The Morgan fingerprint density at radius 3 is 2.60 bits per heavy atom. The van der Waals surface area contributed by atoms with Crippen molar-refractivity contribution in [1.29, 1.82) is 0 Å². The fourth-order valence-corrected chi connectivity index (χ4v) is 4.98. The Balaban J connectivity index is 1.57. The fraction of sp³-hybridized carbons (Fsp3) is 0.200. The number of nitrogens with zero attached hydrogens (tertiary/aromatic N) is 1. The maximum Gasteiger partial charge on any atom is 0.264 e. The van der Waals surface area contributed by atoms with E-state index in [0.717, 1.165) is 11.1 Å². The number of para-hydroxylation sites is 1. The lowest BCUT2D eigenvalue weighted by Gasteiger charge is -2.34. The monoisotopic (exact) mass is 417 g/mol. The molecule has 2 aliphatic rings. The predicted molar refractivity (Wildman–Crippen MR) is 116 cm³/mol. The molecule has 0 saturated heterocycles. The topological polar surface area (TPSA) is 57.6 Å². The van der Waals surface area contributed by atoms with Crippen LogP contribution in [0.3, 0.4) is 0 Å². The third-order valence-electron chi connectivity index (χ3n) is 6.21. The van der Waals surface area contributed by atoms with E-state index in [2.05, 4.69) is 0 Å².